The van der Waals surface area contributed by atoms with Crippen molar-refractivity contribution in [1.82, 2.24) is 3.30 Å². The van der Waals surface area contributed by atoms with Crippen LogP contribution in [-0.2, 0) is 38.1 Å². The molecule has 1 N–H and O–H groups in total. The van der Waals surface area contributed by atoms with Crippen LogP contribution in [0.15, 0.2) is 91.0 Å². The number of nitrogens with one attached hydrogen (secondary N) is 1. The van der Waals surface area contributed by atoms with Crippen LogP contribution < -0.4 is 41.8 Å². The Hall–Kier alpha value is -1.49. The van der Waals surface area contributed by atoms with Gasteiger partial charge in [0.2, 0.25) is 0 Å². The molecule has 0 atom stereocenters. The van der Waals surface area contributed by atoms with Gasteiger partial charge in [0.1, 0.15) is 0 Å². The summed E-state index contributed by atoms with van der Waals surface area (Å²) in [5.41, 5.74) is 9.35. The zero-order chi connectivity index (χ0) is 28.9. The summed E-state index contributed by atoms with van der Waals surface area (Å²) in [5.74, 6) is -1.56. The molecule has 0 unspecified atom stereocenters. The Morgan fingerprint density at radius 2 is 1.14 bits per heavy atom. The van der Waals surface area contributed by atoms with Crippen LogP contribution in [0.5, 0.6) is 0 Å². The average Bonchev–Trinajstić information content (AvgIpc) is 3.25. The van der Waals surface area contributed by atoms with E-state index in [1.807, 2.05) is 0 Å². The van der Waals surface area contributed by atoms with E-state index >= 15 is 0 Å². The molecule has 42 heavy (non-hydrogen) atoms. The molecule has 1 nitrogen and oxygen atoms in total. The minimum atomic E-state index is -2.82. The van der Waals surface area contributed by atoms with Gasteiger partial charge in [-0.15, -0.1) is 0 Å². The predicted molar refractivity (Wildman–Crippen MR) is 174 cm³/mol. The molecule has 0 bridgehead atoms. The van der Waals surface area contributed by atoms with Crippen LogP contribution in [0, 0.1) is 0 Å². The van der Waals surface area contributed by atoms with Crippen LogP contribution in [0.1, 0.15) is 84.6 Å². The Bertz CT molecular complexity index is 1460. The second-order valence-corrected chi connectivity index (χ2v) is 33.4. The van der Waals surface area contributed by atoms with E-state index in [4.69, 9.17) is 0 Å². The minimum absolute atomic E-state index is 0. The number of hydrogen-bond acceptors (Lipinski definition) is 1. The molecule has 4 aromatic rings. The Kier molecular flexibility index (Phi) is 11.0. The number of halogens is 2. The predicted octanol–water partition coefficient (Wildman–Crippen LogP) is 0.946. The van der Waals surface area contributed by atoms with Gasteiger partial charge in [-0.1, -0.05) is 0 Å². The van der Waals surface area contributed by atoms with E-state index in [9.17, 15) is 0 Å². The summed E-state index contributed by atoms with van der Waals surface area (Å²) in [6.07, 6.45) is 1.05. The van der Waals surface area contributed by atoms with Gasteiger partial charge in [-0.3, -0.25) is 0 Å². The summed E-state index contributed by atoms with van der Waals surface area (Å²) in [4.78, 5) is 0. The molecule has 0 spiro atoms. The molecular formula is C37H46Cl2HfNSi. The van der Waals surface area contributed by atoms with Crippen molar-refractivity contribution in [2.75, 3.05) is 0 Å². The van der Waals surface area contributed by atoms with E-state index in [1.165, 1.54) is 22.3 Å². The molecule has 1 aliphatic carbocycles. The van der Waals surface area contributed by atoms with Crippen LogP contribution in [-0.4, -0.2) is 11.5 Å². The monoisotopic (exact) mass is 782 g/mol. The fraction of sp³-hybridized carbons (Fsp3) is 0.351. The fourth-order valence-electron chi connectivity index (χ4n) is 6.18. The van der Waals surface area contributed by atoms with Crippen LogP contribution in [0.2, 0.25) is 0 Å². The molecule has 0 saturated carbocycles. The number of rotatable bonds is 5. The molecule has 221 valence electrons. The van der Waals surface area contributed by atoms with E-state index in [-0.39, 0.29) is 41.2 Å². The van der Waals surface area contributed by atoms with Crippen molar-refractivity contribution in [1.29, 1.82) is 0 Å². The molecular weight excluding hydrogens is 736 g/mol. The molecule has 0 aromatic heterocycles. The largest absolute Gasteiger partial charge is 1.00 e. The van der Waals surface area contributed by atoms with E-state index < -0.39 is 26.9 Å². The standard InChI is InChI=1S/C21H25.C12H11Si.C4H10N.2ClH.Hf/c1-20(2,3)16-7-9-18-14(12-16)11-15-13-17(21(4,5)6)8-10-19(15)18;1-3-7-11(8-4-1)13-12-9-5-2-6-10-12;1-4(2,3)5;;;/h7-10,12H,11H2,1-6H3;1-10,13H;5H,1-3H3;2*1H;/q;;-1;;;+3/p-2. The van der Waals surface area contributed by atoms with Gasteiger partial charge < -0.3 is 24.8 Å². The average molecular weight is 782 g/mol. The number of fused-ring (bicyclic) bond motifs is 3. The first-order valence-electron chi connectivity index (χ1n) is 14.8. The smallest absolute Gasteiger partial charge is 1.00 e. The van der Waals surface area contributed by atoms with Gasteiger partial charge in [0.15, 0.2) is 0 Å². The summed E-state index contributed by atoms with van der Waals surface area (Å²) < 4.78 is 6.20. The topological polar surface area (TPSA) is 12.0 Å². The molecule has 1 aliphatic rings. The van der Waals surface area contributed by atoms with E-state index in [1.54, 1.807) is 24.8 Å². The molecule has 0 heterocycles. The maximum atomic E-state index is 4.45. The fourth-order valence-corrected chi connectivity index (χ4v) is 39.1. The molecule has 0 saturated heterocycles. The van der Waals surface area contributed by atoms with E-state index in [0.29, 0.717) is 0 Å². The Morgan fingerprint density at radius 1 is 0.619 bits per heavy atom. The van der Waals surface area contributed by atoms with Gasteiger partial charge in [0.25, 0.3) is 0 Å². The molecule has 0 radical (unpaired) electrons. The second-order valence-electron chi connectivity index (χ2n) is 14.6. The minimum Gasteiger partial charge on any atom is -1.00 e. The van der Waals surface area contributed by atoms with E-state index in [2.05, 4.69) is 157 Å². The van der Waals surface area contributed by atoms with Crippen molar-refractivity contribution in [2.45, 2.75) is 85.1 Å². The first-order valence-corrected chi connectivity index (χ1v) is 26.3. The SMILES string of the molecule is CC(C)(C)[NH][Hf+2]([c]1c(C(C)(C)C)ccc2c1Cc1cc(C(C)(C)C)ccc1-2)[SiH](c1ccccc1)c1ccccc1.[Cl-].[Cl-]. The van der Waals surface area contributed by atoms with Crippen LogP contribution >= 0.6 is 0 Å². The van der Waals surface area contributed by atoms with Crippen molar-refractivity contribution in [3.05, 3.63) is 113 Å². The zero-order valence-corrected chi connectivity index (χ0v) is 33.0. The maximum absolute atomic E-state index is 4.45. The van der Waals surface area contributed by atoms with E-state index in [0.717, 1.165) is 6.42 Å². The van der Waals surface area contributed by atoms with Gasteiger partial charge in [0.05, 0.1) is 0 Å². The summed E-state index contributed by atoms with van der Waals surface area (Å²) in [5, 5.41) is 3.16. The van der Waals surface area contributed by atoms with Crippen LogP contribution in [0.4, 0.5) is 0 Å². The summed E-state index contributed by atoms with van der Waals surface area (Å²) in [7, 11) is 0. The van der Waals surface area contributed by atoms with Crippen molar-refractivity contribution in [2.24, 2.45) is 0 Å². The van der Waals surface area contributed by atoms with Crippen molar-refractivity contribution in [3.8, 4) is 11.1 Å². The van der Waals surface area contributed by atoms with Gasteiger partial charge in [-0.25, -0.2) is 0 Å². The third-order valence-corrected chi connectivity index (χ3v) is 35.4. The van der Waals surface area contributed by atoms with Gasteiger partial charge >= 0.3 is 253 Å². The Labute approximate surface area is 276 Å². The van der Waals surface area contributed by atoms with Gasteiger partial charge in [0, 0.05) is 0 Å². The van der Waals surface area contributed by atoms with Crippen LogP contribution in [0.25, 0.3) is 11.1 Å². The summed E-state index contributed by atoms with van der Waals surface area (Å²) in [6, 6.07) is 35.3. The van der Waals surface area contributed by atoms with Crippen LogP contribution in [0.3, 0.4) is 0 Å². The first kappa shape index (κ1) is 35.0. The molecule has 5 rings (SSSR count). The van der Waals surface area contributed by atoms with Gasteiger partial charge in [-0.05, 0) is 0 Å². The molecule has 5 heteroatoms. The number of hydrogen-bond donors (Lipinski definition) is 1. The van der Waals surface area contributed by atoms with Crippen molar-refractivity contribution >= 4 is 19.7 Å². The molecule has 4 aromatic carbocycles. The molecule has 0 amide bonds. The summed E-state index contributed by atoms with van der Waals surface area (Å²) >= 11 is -2.82. The van der Waals surface area contributed by atoms with Gasteiger partial charge in [-0.2, -0.15) is 0 Å². The normalized spacial score (nSPS) is 12.7. The second kappa shape index (κ2) is 13.2. The number of benzene rings is 4. The quantitative estimate of drug-likeness (QED) is 0.263. The van der Waals surface area contributed by atoms with Crippen molar-refractivity contribution < 1.29 is 45.7 Å². The maximum Gasteiger partial charge on any atom is -1.00 e. The molecule has 0 aliphatic heterocycles. The zero-order valence-electron chi connectivity index (χ0n) is 26.7. The van der Waals surface area contributed by atoms with Crippen molar-refractivity contribution in [3.63, 3.8) is 0 Å². The Balaban J connectivity index is 0.00000242. The Morgan fingerprint density at radius 3 is 1.62 bits per heavy atom. The first-order chi connectivity index (χ1) is 18.7. The molecule has 0 fully saturated rings. The third kappa shape index (κ3) is 7.41. The summed E-state index contributed by atoms with van der Waals surface area (Å²) in [6.45, 7) is 21.4. The third-order valence-electron chi connectivity index (χ3n) is 8.08.